The highest BCUT2D eigenvalue weighted by Crippen LogP contribution is 2.49. The van der Waals surface area contributed by atoms with Crippen molar-refractivity contribution in [2.24, 2.45) is 5.92 Å². The highest BCUT2D eigenvalue weighted by atomic mass is 127. The molecule has 0 saturated carbocycles. The molecule has 1 aliphatic heterocycles. The van der Waals surface area contributed by atoms with Gasteiger partial charge < -0.3 is 18.5 Å². The zero-order chi connectivity index (χ0) is 15.6. The summed E-state index contributed by atoms with van der Waals surface area (Å²) in [5.74, 6) is 1.74. The third-order valence-corrected chi connectivity index (χ3v) is 5.90. The van der Waals surface area contributed by atoms with E-state index in [0.29, 0.717) is 19.8 Å². The van der Waals surface area contributed by atoms with Crippen molar-refractivity contribution in [1.82, 2.24) is 0 Å². The molecule has 1 saturated heterocycles. The second-order valence-corrected chi connectivity index (χ2v) is 7.54. The maximum absolute atomic E-state index is 12.3. The molecular formula is C14H26IO5P. The Morgan fingerprint density at radius 1 is 1.33 bits per heavy atom. The van der Waals surface area contributed by atoms with Crippen molar-refractivity contribution >= 4 is 30.2 Å². The van der Waals surface area contributed by atoms with Gasteiger partial charge in [-0.15, -0.1) is 0 Å². The van der Waals surface area contributed by atoms with Crippen molar-refractivity contribution in [2.75, 3.05) is 30.9 Å². The van der Waals surface area contributed by atoms with Gasteiger partial charge in [0.15, 0.2) is 6.29 Å². The van der Waals surface area contributed by atoms with Crippen molar-refractivity contribution in [3.63, 3.8) is 0 Å². The van der Waals surface area contributed by atoms with Crippen LogP contribution >= 0.6 is 30.2 Å². The van der Waals surface area contributed by atoms with Crippen molar-refractivity contribution in [1.29, 1.82) is 0 Å². The van der Waals surface area contributed by atoms with Gasteiger partial charge in [-0.3, -0.25) is 4.57 Å². The first kappa shape index (κ1) is 19.6. The molecule has 0 aromatic rings. The van der Waals surface area contributed by atoms with Gasteiger partial charge in [0.25, 0.3) is 0 Å². The molecule has 0 bridgehead atoms. The molecule has 7 heteroatoms. The van der Waals surface area contributed by atoms with Gasteiger partial charge in [-0.2, -0.15) is 0 Å². The van der Waals surface area contributed by atoms with Crippen LogP contribution in [0, 0.1) is 5.92 Å². The van der Waals surface area contributed by atoms with Gasteiger partial charge in [-0.1, -0.05) is 28.7 Å². The summed E-state index contributed by atoms with van der Waals surface area (Å²) in [6.45, 7) is 5.67. The van der Waals surface area contributed by atoms with E-state index in [1.807, 2.05) is 6.08 Å². The summed E-state index contributed by atoms with van der Waals surface area (Å²) < 4.78 is 35.0. The van der Waals surface area contributed by atoms with Crippen LogP contribution in [0.1, 0.15) is 33.1 Å². The molecule has 2 atom stereocenters. The van der Waals surface area contributed by atoms with E-state index < -0.39 is 7.60 Å². The number of hydrogen-bond donors (Lipinski definition) is 0. The van der Waals surface area contributed by atoms with Crippen molar-refractivity contribution in [3.8, 4) is 0 Å². The van der Waals surface area contributed by atoms with Crippen LogP contribution in [-0.2, 0) is 23.1 Å². The molecule has 1 rings (SSSR count). The summed E-state index contributed by atoms with van der Waals surface area (Å²) >= 11 is 2.29. The van der Waals surface area contributed by atoms with Crippen molar-refractivity contribution in [3.05, 3.63) is 11.9 Å². The molecule has 1 aliphatic rings. The van der Waals surface area contributed by atoms with Crippen LogP contribution in [0.25, 0.3) is 0 Å². The topological polar surface area (TPSA) is 54.0 Å². The van der Waals surface area contributed by atoms with Crippen LogP contribution in [0.3, 0.4) is 0 Å². The van der Waals surface area contributed by atoms with Gasteiger partial charge in [0.2, 0.25) is 0 Å². The summed E-state index contributed by atoms with van der Waals surface area (Å²) in [4.78, 5) is 0. The Labute approximate surface area is 141 Å². The molecule has 21 heavy (non-hydrogen) atoms. The molecule has 0 aromatic carbocycles. The Kier molecular flexibility index (Phi) is 10.4. The van der Waals surface area contributed by atoms with Crippen molar-refractivity contribution < 1.29 is 23.1 Å². The summed E-state index contributed by atoms with van der Waals surface area (Å²) in [7, 11) is -3.11. The average molecular weight is 432 g/mol. The van der Waals surface area contributed by atoms with Gasteiger partial charge in [-0.25, -0.2) is 0 Å². The van der Waals surface area contributed by atoms with E-state index in [9.17, 15) is 4.57 Å². The first-order valence-electron chi connectivity index (χ1n) is 7.50. The molecule has 5 nitrogen and oxygen atoms in total. The van der Waals surface area contributed by atoms with Crippen molar-refractivity contribution in [2.45, 2.75) is 39.4 Å². The monoisotopic (exact) mass is 432 g/mol. The lowest BCUT2D eigenvalue weighted by Crippen LogP contribution is -2.25. The van der Waals surface area contributed by atoms with Gasteiger partial charge in [-0.05, 0) is 33.1 Å². The zero-order valence-corrected chi connectivity index (χ0v) is 15.9. The van der Waals surface area contributed by atoms with Gasteiger partial charge in [0, 0.05) is 22.8 Å². The Morgan fingerprint density at radius 2 is 2.05 bits per heavy atom. The molecule has 0 amide bonds. The zero-order valence-electron chi connectivity index (χ0n) is 12.8. The molecule has 1 heterocycles. The Hall–Kier alpha value is 0.540. The summed E-state index contributed by atoms with van der Waals surface area (Å²) in [5, 5.41) is 0. The minimum Gasteiger partial charge on any atom is -0.353 e. The van der Waals surface area contributed by atoms with E-state index >= 15 is 0 Å². The second kappa shape index (κ2) is 11.1. The van der Waals surface area contributed by atoms with E-state index in [-0.39, 0.29) is 12.2 Å². The summed E-state index contributed by atoms with van der Waals surface area (Å²) in [5.41, 5.74) is 0. The summed E-state index contributed by atoms with van der Waals surface area (Å²) in [6.07, 6.45) is 5.00. The molecule has 0 radical (unpaired) electrons. The van der Waals surface area contributed by atoms with E-state index in [4.69, 9.17) is 18.5 Å². The minimum atomic E-state index is -3.11. The SMILES string of the molecule is CCOP(=O)(C=C[C@@H](CI)CO[C@H]1CCCCO1)OCC. The maximum atomic E-state index is 12.3. The first-order valence-corrected chi connectivity index (χ1v) is 10.6. The van der Waals surface area contributed by atoms with Crippen LogP contribution in [0.4, 0.5) is 0 Å². The highest BCUT2D eigenvalue weighted by Gasteiger charge is 2.20. The van der Waals surface area contributed by atoms with Crippen LogP contribution in [0.2, 0.25) is 0 Å². The van der Waals surface area contributed by atoms with Gasteiger partial charge in [0.05, 0.1) is 19.8 Å². The fourth-order valence-electron chi connectivity index (χ4n) is 1.94. The van der Waals surface area contributed by atoms with Crippen LogP contribution < -0.4 is 0 Å². The molecule has 0 aliphatic carbocycles. The van der Waals surface area contributed by atoms with E-state index in [0.717, 1.165) is 30.3 Å². The van der Waals surface area contributed by atoms with Crippen LogP contribution in [0.15, 0.2) is 11.9 Å². The quantitative estimate of drug-likeness (QED) is 0.292. The normalized spacial score (nSPS) is 21.8. The third kappa shape index (κ3) is 8.09. The fourth-order valence-corrected chi connectivity index (χ4v) is 3.90. The first-order chi connectivity index (χ1) is 10.1. The molecule has 0 N–H and O–H groups in total. The number of ether oxygens (including phenoxy) is 2. The lowest BCUT2D eigenvalue weighted by Gasteiger charge is -2.24. The van der Waals surface area contributed by atoms with E-state index in [1.54, 1.807) is 19.7 Å². The third-order valence-electron chi connectivity index (χ3n) is 2.99. The Morgan fingerprint density at radius 3 is 2.57 bits per heavy atom. The average Bonchev–Trinajstić information content (AvgIpc) is 2.49. The molecule has 0 aromatic heterocycles. The maximum Gasteiger partial charge on any atom is 0.353 e. The molecule has 1 fully saturated rings. The number of halogens is 1. The number of rotatable bonds is 10. The number of alkyl halides is 1. The predicted molar refractivity (Wildman–Crippen MR) is 91.9 cm³/mol. The minimum absolute atomic E-state index is 0.0943. The molecular weight excluding hydrogens is 406 g/mol. The largest absolute Gasteiger partial charge is 0.353 e. The Bertz CT molecular complexity index is 334. The smallest absolute Gasteiger partial charge is 0.353 e. The van der Waals surface area contributed by atoms with Crippen LogP contribution in [0.5, 0.6) is 0 Å². The Balaban J connectivity index is 2.46. The molecule has 0 spiro atoms. The molecule has 0 unspecified atom stereocenters. The van der Waals surface area contributed by atoms with E-state index in [2.05, 4.69) is 22.6 Å². The molecule has 124 valence electrons. The van der Waals surface area contributed by atoms with Crippen LogP contribution in [-0.4, -0.2) is 37.1 Å². The summed E-state index contributed by atoms with van der Waals surface area (Å²) in [6, 6.07) is 0. The lowest BCUT2D eigenvalue weighted by atomic mass is 10.2. The highest BCUT2D eigenvalue weighted by molar-refractivity contribution is 14.1. The number of hydrogen-bond acceptors (Lipinski definition) is 5. The second-order valence-electron chi connectivity index (χ2n) is 4.76. The standard InChI is InChI=1S/C14H26IO5P/c1-3-19-21(16,20-4-2)10-8-13(11-15)12-18-14-7-5-6-9-17-14/h8,10,13-14H,3-7,9,11-12H2,1-2H3/t13-,14-/m0/s1. The van der Waals surface area contributed by atoms with E-state index in [1.165, 1.54) is 0 Å². The lowest BCUT2D eigenvalue weighted by molar-refractivity contribution is -0.165. The fraction of sp³-hybridized carbons (Fsp3) is 0.857. The predicted octanol–water partition coefficient (Wildman–Crippen LogP) is 4.36. The van der Waals surface area contributed by atoms with Gasteiger partial charge in [0.1, 0.15) is 0 Å². The van der Waals surface area contributed by atoms with Gasteiger partial charge >= 0.3 is 7.60 Å².